The van der Waals surface area contributed by atoms with Gasteiger partial charge in [0, 0.05) is 24.7 Å². The Hall–Kier alpha value is -2.74. The highest BCUT2D eigenvalue weighted by Gasteiger charge is 2.16. The first-order valence-electron chi connectivity index (χ1n) is 7.90. The maximum absolute atomic E-state index is 12.4. The molecule has 128 valence electrons. The first kappa shape index (κ1) is 15.8. The van der Waals surface area contributed by atoms with Gasteiger partial charge in [0.2, 0.25) is 0 Å². The number of amides is 1. The van der Waals surface area contributed by atoms with Crippen LogP contribution < -0.4 is 10.1 Å². The number of methoxy groups -OCH3 is 1. The zero-order valence-corrected chi connectivity index (χ0v) is 14.5. The van der Waals surface area contributed by atoms with Crippen molar-refractivity contribution in [1.82, 2.24) is 24.6 Å². The fraction of sp³-hybridized carbons (Fsp3) is 0.235. The number of rotatable bonds is 5. The Labute approximate surface area is 149 Å². The van der Waals surface area contributed by atoms with Crippen molar-refractivity contribution < 1.29 is 9.53 Å². The third-order valence-corrected chi connectivity index (χ3v) is 4.93. The van der Waals surface area contributed by atoms with E-state index in [1.807, 2.05) is 30.5 Å². The van der Waals surface area contributed by atoms with Crippen molar-refractivity contribution in [1.29, 1.82) is 0 Å². The molecular weight excluding hydrogens is 338 g/mol. The van der Waals surface area contributed by atoms with Gasteiger partial charge in [0.05, 0.1) is 31.1 Å². The predicted molar refractivity (Wildman–Crippen MR) is 94.2 cm³/mol. The van der Waals surface area contributed by atoms with Crippen LogP contribution in [0.15, 0.2) is 48.0 Å². The highest BCUT2D eigenvalue weighted by molar-refractivity contribution is 7.99. The highest BCUT2D eigenvalue weighted by atomic mass is 32.2. The van der Waals surface area contributed by atoms with Gasteiger partial charge in [-0.15, -0.1) is 0 Å². The van der Waals surface area contributed by atoms with Gasteiger partial charge in [0.25, 0.3) is 5.91 Å². The van der Waals surface area contributed by atoms with Crippen molar-refractivity contribution in [2.45, 2.75) is 18.2 Å². The molecule has 0 bridgehead atoms. The fourth-order valence-electron chi connectivity index (χ4n) is 2.71. The predicted octanol–water partition coefficient (Wildman–Crippen LogP) is 2.11. The molecule has 0 unspecified atom stereocenters. The van der Waals surface area contributed by atoms with Crippen LogP contribution in [0.4, 0.5) is 0 Å². The van der Waals surface area contributed by atoms with Crippen LogP contribution in [0, 0.1) is 0 Å². The van der Waals surface area contributed by atoms with E-state index in [9.17, 15) is 4.79 Å². The standard InChI is InChI=1S/C17H17N5O2S/c1-24-15-5-3-2-4-14(15)22-10-12(8-19-22)16(23)18-9-13-11-21-6-7-25-17(21)20-13/h2-5,8,10-11H,6-7,9H2,1H3,(H,18,23). The molecule has 0 aliphatic carbocycles. The van der Waals surface area contributed by atoms with E-state index in [-0.39, 0.29) is 5.91 Å². The molecule has 1 aliphatic heterocycles. The number of aryl methyl sites for hydroxylation is 1. The van der Waals surface area contributed by atoms with Crippen LogP contribution in [-0.2, 0) is 13.1 Å². The van der Waals surface area contributed by atoms with E-state index in [1.165, 1.54) is 0 Å². The number of nitrogens with one attached hydrogen (secondary N) is 1. The van der Waals surface area contributed by atoms with Crippen LogP contribution in [0.5, 0.6) is 5.75 Å². The molecule has 7 nitrogen and oxygen atoms in total. The van der Waals surface area contributed by atoms with Crippen molar-refractivity contribution in [3.8, 4) is 11.4 Å². The molecule has 0 saturated heterocycles. The van der Waals surface area contributed by atoms with Crippen molar-refractivity contribution >= 4 is 17.7 Å². The molecule has 4 rings (SSSR count). The second-order valence-corrected chi connectivity index (χ2v) is 6.65. The summed E-state index contributed by atoms with van der Waals surface area (Å²) in [5, 5.41) is 8.17. The number of ether oxygens (including phenoxy) is 1. The molecule has 1 N–H and O–H groups in total. The molecule has 0 atom stereocenters. The van der Waals surface area contributed by atoms with Crippen LogP contribution >= 0.6 is 11.8 Å². The smallest absolute Gasteiger partial charge is 0.254 e. The third-order valence-electron chi connectivity index (χ3n) is 3.96. The van der Waals surface area contributed by atoms with E-state index >= 15 is 0 Å². The summed E-state index contributed by atoms with van der Waals surface area (Å²) in [6.45, 7) is 1.38. The van der Waals surface area contributed by atoms with Crippen molar-refractivity contribution in [3.63, 3.8) is 0 Å². The molecular formula is C17H17N5O2S. The van der Waals surface area contributed by atoms with Gasteiger partial charge in [0.15, 0.2) is 5.16 Å². The Morgan fingerprint density at radius 3 is 3.08 bits per heavy atom. The van der Waals surface area contributed by atoms with Gasteiger partial charge >= 0.3 is 0 Å². The number of para-hydroxylation sites is 2. The number of carbonyl (C=O) groups is 1. The van der Waals surface area contributed by atoms with Crippen molar-refractivity contribution in [2.24, 2.45) is 0 Å². The normalized spacial score (nSPS) is 12.8. The maximum Gasteiger partial charge on any atom is 0.254 e. The fourth-order valence-corrected chi connectivity index (χ4v) is 3.67. The zero-order valence-electron chi connectivity index (χ0n) is 13.7. The summed E-state index contributed by atoms with van der Waals surface area (Å²) < 4.78 is 9.08. The minimum absolute atomic E-state index is 0.179. The lowest BCUT2D eigenvalue weighted by molar-refractivity contribution is 0.0950. The molecule has 2 aromatic heterocycles. The summed E-state index contributed by atoms with van der Waals surface area (Å²) in [5.41, 5.74) is 2.14. The van der Waals surface area contributed by atoms with Crippen LogP contribution in [0.25, 0.3) is 5.69 Å². The van der Waals surface area contributed by atoms with Crippen LogP contribution in [0.1, 0.15) is 16.1 Å². The van der Waals surface area contributed by atoms with E-state index < -0.39 is 0 Å². The summed E-state index contributed by atoms with van der Waals surface area (Å²) in [6.07, 6.45) is 5.23. The second kappa shape index (κ2) is 6.64. The molecule has 1 aliphatic rings. The van der Waals surface area contributed by atoms with E-state index in [2.05, 4.69) is 20.0 Å². The topological polar surface area (TPSA) is 74.0 Å². The quantitative estimate of drug-likeness (QED) is 0.759. The van der Waals surface area contributed by atoms with Crippen LogP contribution in [0.3, 0.4) is 0 Å². The Kier molecular flexibility index (Phi) is 4.19. The van der Waals surface area contributed by atoms with Crippen molar-refractivity contribution in [2.75, 3.05) is 12.9 Å². The molecule has 1 aromatic carbocycles. The first-order chi connectivity index (χ1) is 12.2. The van der Waals surface area contributed by atoms with Crippen LogP contribution in [0.2, 0.25) is 0 Å². The lowest BCUT2D eigenvalue weighted by Crippen LogP contribution is -2.22. The minimum atomic E-state index is -0.179. The number of thioether (sulfide) groups is 1. The molecule has 0 radical (unpaired) electrons. The highest BCUT2D eigenvalue weighted by Crippen LogP contribution is 2.24. The Bertz CT molecular complexity index is 896. The van der Waals surface area contributed by atoms with Gasteiger partial charge in [0.1, 0.15) is 11.4 Å². The first-order valence-corrected chi connectivity index (χ1v) is 8.88. The van der Waals surface area contributed by atoms with E-state index in [4.69, 9.17) is 4.74 Å². The number of hydrogen-bond acceptors (Lipinski definition) is 5. The van der Waals surface area contributed by atoms with Gasteiger partial charge in [-0.05, 0) is 12.1 Å². The van der Waals surface area contributed by atoms with Crippen molar-refractivity contribution in [3.05, 3.63) is 54.1 Å². The number of benzene rings is 1. The molecule has 25 heavy (non-hydrogen) atoms. The number of aromatic nitrogens is 4. The number of carbonyl (C=O) groups excluding carboxylic acids is 1. The van der Waals surface area contributed by atoms with Gasteiger partial charge in [-0.2, -0.15) is 5.10 Å². The Morgan fingerprint density at radius 1 is 1.36 bits per heavy atom. The third kappa shape index (κ3) is 3.12. The van der Waals surface area contributed by atoms with Gasteiger partial charge < -0.3 is 14.6 Å². The monoisotopic (exact) mass is 355 g/mol. The molecule has 0 spiro atoms. The summed E-state index contributed by atoms with van der Waals surface area (Å²) in [6, 6.07) is 7.53. The SMILES string of the molecule is COc1ccccc1-n1cc(C(=O)NCc2cn3c(n2)SCC3)cn1. The molecule has 0 fully saturated rings. The molecule has 8 heteroatoms. The van der Waals surface area contributed by atoms with Gasteiger partial charge in [-0.1, -0.05) is 23.9 Å². The Balaban J connectivity index is 1.45. The second-order valence-electron chi connectivity index (χ2n) is 5.58. The number of nitrogens with zero attached hydrogens (tertiary/aromatic N) is 4. The summed E-state index contributed by atoms with van der Waals surface area (Å²) >= 11 is 1.74. The summed E-state index contributed by atoms with van der Waals surface area (Å²) in [4.78, 5) is 16.9. The number of fused-ring (bicyclic) bond motifs is 1. The van der Waals surface area contributed by atoms with E-state index in [1.54, 1.807) is 35.9 Å². The molecule has 3 heterocycles. The molecule has 3 aromatic rings. The lowest BCUT2D eigenvalue weighted by atomic mass is 10.3. The van der Waals surface area contributed by atoms with Gasteiger partial charge in [-0.3, -0.25) is 4.79 Å². The maximum atomic E-state index is 12.4. The van der Waals surface area contributed by atoms with E-state index in [0.29, 0.717) is 17.9 Å². The number of hydrogen-bond donors (Lipinski definition) is 1. The zero-order chi connectivity index (χ0) is 17.2. The lowest BCUT2D eigenvalue weighted by Gasteiger charge is -2.07. The Morgan fingerprint density at radius 2 is 2.24 bits per heavy atom. The minimum Gasteiger partial charge on any atom is -0.494 e. The van der Waals surface area contributed by atoms with E-state index in [0.717, 1.165) is 28.8 Å². The summed E-state index contributed by atoms with van der Waals surface area (Å²) in [5.74, 6) is 1.58. The molecule has 0 saturated carbocycles. The van der Waals surface area contributed by atoms with Gasteiger partial charge in [-0.25, -0.2) is 9.67 Å². The summed E-state index contributed by atoms with van der Waals surface area (Å²) in [7, 11) is 1.61. The average molecular weight is 355 g/mol. The molecule has 1 amide bonds. The number of imidazole rings is 1. The van der Waals surface area contributed by atoms with Crippen LogP contribution in [-0.4, -0.2) is 38.1 Å². The average Bonchev–Trinajstić information content (AvgIpc) is 3.35. The largest absolute Gasteiger partial charge is 0.494 e.